The summed E-state index contributed by atoms with van der Waals surface area (Å²) < 4.78 is 11.9. The molecular formula is C18H22O2. The summed E-state index contributed by atoms with van der Waals surface area (Å²) in [6.45, 7) is 8.54. The van der Waals surface area contributed by atoms with Gasteiger partial charge < -0.3 is 9.47 Å². The fourth-order valence-corrected chi connectivity index (χ4v) is 2.27. The normalized spacial score (nSPS) is 21.6. The lowest BCUT2D eigenvalue weighted by Gasteiger charge is -2.32. The van der Waals surface area contributed by atoms with Crippen LogP contribution >= 0.6 is 0 Å². The van der Waals surface area contributed by atoms with Crippen LogP contribution in [-0.2, 0) is 16.1 Å². The van der Waals surface area contributed by atoms with Crippen LogP contribution in [0.2, 0.25) is 0 Å². The van der Waals surface area contributed by atoms with Gasteiger partial charge in [-0.2, -0.15) is 0 Å². The van der Waals surface area contributed by atoms with E-state index < -0.39 is 5.60 Å². The second kappa shape index (κ2) is 6.58. The van der Waals surface area contributed by atoms with E-state index in [0.717, 1.165) is 11.3 Å². The molecule has 0 saturated heterocycles. The molecule has 0 aliphatic heterocycles. The van der Waals surface area contributed by atoms with Crippen molar-refractivity contribution < 1.29 is 9.47 Å². The summed E-state index contributed by atoms with van der Waals surface area (Å²) in [5, 5.41) is 0. The Bertz CT molecular complexity index is 499. The van der Waals surface area contributed by atoms with Gasteiger partial charge in [-0.25, -0.2) is 0 Å². The SMILES string of the molecule is C=CC1(OC(C)C)C=CC=C(OCc2ccccc2)C1. The van der Waals surface area contributed by atoms with E-state index in [1.807, 2.05) is 56.4 Å². The van der Waals surface area contributed by atoms with E-state index in [-0.39, 0.29) is 6.10 Å². The highest BCUT2D eigenvalue weighted by atomic mass is 16.5. The summed E-state index contributed by atoms with van der Waals surface area (Å²) in [5.41, 5.74) is 0.714. The third kappa shape index (κ3) is 3.84. The summed E-state index contributed by atoms with van der Waals surface area (Å²) in [4.78, 5) is 0. The molecular weight excluding hydrogens is 248 g/mol. The average molecular weight is 270 g/mol. The standard InChI is InChI=1S/C18H22O2/c1-4-18(20-15(2)3)12-8-11-17(13-18)19-14-16-9-6-5-7-10-16/h4-12,15H,1,13-14H2,2-3H3. The lowest BCUT2D eigenvalue weighted by molar-refractivity contribution is -0.0251. The minimum Gasteiger partial charge on any atom is -0.493 e. The average Bonchev–Trinajstić information content (AvgIpc) is 2.46. The molecule has 0 aromatic heterocycles. The maximum absolute atomic E-state index is 5.98. The zero-order chi connectivity index (χ0) is 14.4. The highest BCUT2D eigenvalue weighted by Gasteiger charge is 2.29. The minimum atomic E-state index is -0.449. The van der Waals surface area contributed by atoms with Crippen molar-refractivity contribution in [3.8, 4) is 0 Å². The molecule has 20 heavy (non-hydrogen) atoms. The van der Waals surface area contributed by atoms with Crippen LogP contribution < -0.4 is 0 Å². The van der Waals surface area contributed by atoms with Gasteiger partial charge in [-0.15, -0.1) is 0 Å². The van der Waals surface area contributed by atoms with Gasteiger partial charge in [0.2, 0.25) is 0 Å². The van der Waals surface area contributed by atoms with Crippen molar-refractivity contribution in [2.45, 2.75) is 38.6 Å². The quantitative estimate of drug-likeness (QED) is 0.713. The van der Waals surface area contributed by atoms with Crippen molar-refractivity contribution in [2.24, 2.45) is 0 Å². The molecule has 2 heteroatoms. The molecule has 0 amide bonds. The van der Waals surface area contributed by atoms with Gasteiger partial charge >= 0.3 is 0 Å². The first-order valence-electron chi connectivity index (χ1n) is 7.00. The van der Waals surface area contributed by atoms with Gasteiger partial charge in [-0.1, -0.05) is 49.1 Å². The zero-order valence-corrected chi connectivity index (χ0v) is 12.2. The Morgan fingerprint density at radius 3 is 2.70 bits per heavy atom. The molecule has 1 aromatic carbocycles. The summed E-state index contributed by atoms with van der Waals surface area (Å²) in [7, 11) is 0. The molecule has 1 aliphatic rings. The number of ether oxygens (including phenoxy) is 2. The van der Waals surface area contributed by atoms with Crippen LogP contribution in [0.3, 0.4) is 0 Å². The molecule has 1 aromatic rings. The maximum Gasteiger partial charge on any atom is 0.113 e. The van der Waals surface area contributed by atoms with Gasteiger partial charge in [0.05, 0.1) is 11.9 Å². The van der Waals surface area contributed by atoms with Crippen LogP contribution in [0.4, 0.5) is 0 Å². The Kier molecular flexibility index (Phi) is 4.80. The molecule has 0 spiro atoms. The lowest BCUT2D eigenvalue weighted by Crippen LogP contribution is -2.32. The first-order valence-corrected chi connectivity index (χ1v) is 7.00. The lowest BCUT2D eigenvalue weighted by atomic mass is 9.93. The summed E-state index contributed by atoms with van der Waals surface area (Å²) >= 11 is 0. The molecule has 2 rings (SSSR count). The van der Waals surface area contributed by atoms with Crippen molar-refractivity contribution in [1.29, 1.82) is 0 Å². The van der Waals surface area contributed by atoms with Gasteiger partial charge in [-0.3, -0.25) is 0 Å². The fraction of sp³-hybridized carbons (Fsp3) is 0.333. The largest absolute Gasteiger partial charge is 0.493 e. The third-order valence-electron chi connectivity index (χ3n) is 3.18. The molecule has 0 N–H and O–H groups in total. The van der Waals surface area contributed by atoms with Gasteiger partial charge in [0.1, 0.15) is 12.2 Å². The van der Waals surface area contributed by atoms with E-state index >= 15 is 0 Å². The smallest absolute Gasteiger partial charge is 0.113 e. The summed E-state index contributed by atoms with van der Waals surface area (Å²) in [5.74, 6) is 0.928. The Balaban J connectivity index is 1.98. The molecule has 1 aliphatic carbocycles. The molecule has 1 atom stereocenters. The van der Waals surface area contributed by atoms with Crippen molar-refractivity contribution in [3.05, 3.63) is 72.5 Å². The highest BCUT2D eigenvalue weighted by Crippen LogP contribution is 2.30. The molecule has 1 unspecified atom stereocenters. The van der Waals surface area contributed by atoms with E-state index in [0.29, 0.717) is 13.0 Å². The molecule has 0 saturated carbocycles. The molecule has 0 radical (unpaired) electrons. The van der Waals surface area contributed by atoms with E-state index in [4.69, 9.17) is 9.47 Å². The van der Waals surface area contributed by atoms with Crippen LogP contribution in [0, 0.1) is 0 Å². The number of benzene rings is 1. The van der Waals surface area contributed by atoms with E-state index in [1.165, 1.54) is 0 Å². The monoisotopic (exact) mass is 270 g/mol. The Morgan fingerprint density at radius 2 is 2.05 bits per heavy atom. The first kappa shape index (κ1) is 14.6. The van der Waals surface area contributed by atoms with Crippen molar-refractivity contribution in [1.82, 2.24) is 0 Å². The van der Waals surface area contributed by atoms with Gasteiger partial charge in [0.15, 0.2) is 0 Å². The molecule has 0 bridgehead atoms. The van der Waals surface area contributed by atoms with Gasteiger partial charge in [-0.05, 0) is 31.6 Å². The van der Waals surface area contributed by atoms with Crippen LogP contribution in [0.1, 0.15) is 25.8 Å². The van der Waals surface area contributed by atoms with Gasteiger partial charge in [0.25, 0.3) is 0 Å². The Hall–Kier alpha value is -1.80. The number of allylic oxidation sites excluding steroid dienone is 2. The highest BCUT2D eigenvalue weighted by molar-refractivity contribution is 5.27. The van der Waals surface area contributed by atoms with Crippen LogP contribution in [0.5, 0.6) is 0 Å². The van der Waals surface area contributed by atoms with E-state index in [1.54, 1.807) is 0 Å². The molecule has 0 heterocycles. The summed E-state index contributed by atoms with van der Waals surface area (Å²) in [6, 6.07) is 10.2. The van der Waals surface area contributed by atoms with Crippen LogP contribution in [0.25, 0.3) is 0 Å². The molecule has 106 valence electrons. The molecule has 0 fully saturated rings. The van der Waals surface area contributed by atoms with Crippen molar-refractivity contribution in [2.75, 3.05) is 0 Å². The van der Waals surface area contributed by atoms with Crippen LogP contribution in [-0.4, -0.2) is 11.7 Å². The minimum absolute atomic E-state index is 0.145. The van der Waals surface area contributed by atoms with Gasteiger partial charge in [0, 0.05) is 6.42 Å². The second-order valence-electron chi connectivity index (χ2n) is 5.27. The molecule has 2 nitrogen and oxygen atoms in total. The predicted octanol–water partition coefficient (Wildman–Crippen LogP) is 4.40. The second-order valence-corrected chi connectivity index (χ2v) is 5.27. The number of hydrogen-bond acceptors (Lipinski definition) is 2. The van der Waals surface area contributed by atoms with E-state index in [9.17, 15) is 0 Å². The van der Waals surface area contributed by atoms with E-state index in [2.05, 4.69) is 18.7 Å². The predicted molar refractivity (Wildman–Crippen MR) is 82.2 cm³/mol. The fourth-order valence-electron chi connectivity index (χ4n) is 2.27. The Morgan fingerprint density at radius 1 is 1.30 bits per heavy atom. The van der Waals surface area contributed by atoms with Crippen molar-refractivity contribution in [3.63, 3.8) is 0 Å². The first-order chi connectivity index (χ1) is 9.63. The Labute approximate surface area is 121 Å². The number of rotatable bonds is 6. The van der Waals surface area contributed by atoms with Crippen molar-refractivity contribution >= 4 is 0 Å². The maximum atomic E-state index is 5.98. The third-order valence-corrected chi connectivity index (χ3v) is 3.18. The number of hydrogen-bond donors (Lipinski definition) is 0. The summed E-state index contributed by atoms with van der Waals surface area (Å²) in [6.07, 6.45) is 8.70. The zero-order valence-electron chi connectivity index (χ0n) is 12.2. The van der Waals surface area contributed by atoms with Crippen LogP contribution in [0.15, 0.2) is 67.0 Å². The topological polar surface area (TPSA) is 18.5 Å².